The number of nitrogens with zero attached hydrogens (tertiary/aromatic N) is 1. The van der Waals surface area contributed by atoms with E-state index in [1.54, 1.807) is 7.11 Å². The quantitative estimate of drug-likeness (QED) is 0.784. The highest BCUT2D eigenvalue weighted by atomic mass is 16.5. The highest BCUT2D eigenvalue weighted by Gasteiger charge is 2.23. The number of hydrogen-bond donors (Lipinski definition) is 1. The zero-order valence-electron chi connectivity index (χ0n) is 10.1. The Morgan fingerprint density at radius 3 is 3.24 bits per heavy atom. The zero-order chi connectivity index (χ0) is 12.1. The number of nitrogens with one attached hydrogen (secondary N) is 1. The second-order valence-electron chi connectivity index (χ2n) is 4.16. The minimum absolute atomic E-state index is 0.254. The van der Waals surface area contributed by atoms with Crippen molar-refractivity contribution < 1.29 is 9.53 Å². The molecule has 2 rings (SSSR count). The van der Waals surface area contributed by atoms with Crippen LogP contribution in [0.3, 0.4) is 0 Å². The molecule has 0 aromatic heterocycles. The molecule has 1 aromatic rings. The summed E-state index contributed by atoms with van der Waals surface area (Å²) in [4.78, 5) is 12.9. The Morgan fingerprint density at radius 1 is 1.59 bits per heavy atom. The van der Waals surface area contributed by atoms with Gasteiger partial charge in [-0.3, -0.25) is 4.90 Å². The summed E-state index contributed by atoms with van der Waals surface area (Å²) < 4.78 is 5.23. The SMILES string of the molecule is COc1cccc(C2CNCCN2CC=O)c1. The number of methoxy groups -OCH3 is 1. The lowest BCUT2D eigenvalue weighted by Gasteiger charge is -2.35. The lowest BCUT2D eigenvalue weighted by atomic mass is 10.0. The van der Waals surface area contributed by atoms with Gasteiger partial charge in [0.25, 0.3) is 0 Å². The maximum absolute atomic E-state index is 10.7. The van der Waals surface area contributed by atoms with E-state index in [-0.39, 0.29) is 6.04 Å². The summed E-state index contributed by atoms with van der Waals surface area (Å²) in [5, 5.41) is 3.36. The van der Waals surface area contributed by atoms with E-state index < -0.39 is 0 Å². The molecular weight excluding hydrogens is 216 g/mol. The van der Waals surface area contributed by atoms with Gasteiger partial charge < -0.3 is 14.8 Å². The predicted octanol–water partition coefficient (Wildman–Crippen LogP) is 0.840. The molecule has 92 valence electrons. The van der Waals surface area contributed by atoms with Gasteiger partial charge in [-0.05, 0) is 17.7 Å². The second-order valence-corrected chi connectivity index (χ2v) is 4.16. The number of carbonyl (C=O) groups is 1. The molecule has 0 amide bonds. The summed E-state index contributed by atoms with van der Waals surface area (Å²) in [5.41, 5.74) is 1.19. The third-order valence-electron chi connectivity index (χ3n) is 3.14. The summed E-state index contributed by atoms with van der Waals surface area (Å²) in [6.45, 7) is 3.21. The van der Waals surface area contributed by atoms with Gasteiger partial charge in [0.2, 0.25) is 0 Å². The molecule has 4 heteroatoms. The first kappa shape index (κ1) is 12.1. The third-order valence-corrected chi connectivity index (χ3v) is 3.14. The molecular formula is C13H18N2O2. The van der Waals surface area contributed by atoms with E-state index in [2.05, 4.69) is 16.3 Å². The largest absolute Gasteiger partial charge is 0.497 e. The lowest BCUT2D eigenvalue weighted by molar-refractivity contribution is -0.109. The third kappa shape index (κ3) is 2.84. The van der Waals surface area contributed by atoms with Crippen LogP contribution >= 0.6 is 0 Å². The maximum atomic E-state index is 10.7. The molecule has 4 nitrogen and oxygen atoms in total. The Bertz CT molecular complexity index is 381. The van der Waals surface area contributed by atoms with Crippen LogP contribution in [0, 0.1) is 0 Å². The van der Waals surface area contributed by atoms with Gasteiger partial charge in [0.05, 0.1) is 13.7 Å². The number of aldehydes is 1. The van der Waals surface area contributed by atoms with Crippen molar-refractivity contribution in [2.24, 2.45) is 0 Å². The predicted molar refractivity (Wildman–Crippen MR) is 66.2 cm³/mol. The van der Waals surface area contributed by atoms with E-state index in [9.17, 15) is 4.79 Å². The maximum Gasteiger partial charge on any atom is 0.134 e. The van der Waals surface area contributed by atoms with Gasteiger partial charge in [0.1, 0.15) is 12.0 Å². The summed E-state index contributed by atoms with van der Waals surface area (Å²) >= 11 is 0. The van der Waals surface area contributed by atoms with Crippen molar-refractivity contribution in [1.29, 1.82) is 0 Å². The van der Waals surface area contributed by atoms with Crippen LogP contribution in [0.15, 0.2) is 24.3 Å². The summed E-state index contributed by atoms with van der Waals surface area (Å²) in [7, 11) is 1.67. The van der Waals surface area contributed by atoms with Crippen molar-refractivity contribution in [1.82, 2.24) is 10.2 Å². The van der Waals surface area contributed by atoms with Gasteiger partial charge in [0.15, 0.2) is 0 Å². The van der Waals surface area contributed by atoms with E-state index in [0.717, 1.165) is 31.7 Å². The number of hydrogen-bond acceptors (Lipinski definition) is 4. The van der Waals surface area contributed by atoms with Crippen molar-refractivity contribution in [3.63, 3.8) is 0 Å². The van der Waals surface area contributed by atoms with Gasteiger partial charge in [-0.15, -0.1) is 0 Å². The van der Waals surface area contributed by atoms with Gasteiger partial charge in [-0.25, -0.2) is 0 Å². The Kier molecular flexibility index (Phi) is 4.12. The molecule has 1 saturated heterocycles. The Balaban J connectivity index is 2.19. The fraction of sp³-hybridized carbons (Fsp3) is 0.462. The topological polar surface area (TPSA) is 41.6 Å². The summed E-state index contributed by atoms with van der Waals surface area (Å²) in [6, 6.07) is 8.29. The number of piperazine rings is 1. The minimum atomic E-state index is 0.254. The molecule has 1 heterocycles. The van der Waals surface area contributed by atoms with Crippen LogP contribution in [0.25, 0.3) is 0 Å². The molecule has 1 atom stereocenters. The van der Waals surface area contributed by atoms with Crippen molar-refractivity contribution >= 4 is 6.29 Å². The number of benzene rings is 1. The minimum Gasteiger partial charge on any atom is -0.497 e. The summed E-state index contributed by atoms with van der Waals surface area (Å²) in [6.07, 6.45) is 0.971. The van der Waals surface area contributed by atoms with Gasteiger partial charge >= 0.3 is 0 Å². The summed E-state index contributed by atoms with van der Waals surface area (Å²) in [5.74, 6) is 0.860. The van der Waals surface area contributed by atoms with Crippen molar-refractivity contribution in [2.45, 2.75) is 6.04 Å². The van der Waals surface area contributed by atoms with Crippen molar-refractivity contribution in [2.75, 3.05) is 33.3 Å². The van der Waals surface area contributed by atoms with Gasteiger partial charge in [-0.1, -0.05) is 12.1 Å². The van der Waals surface area contributed by atoms with E-state index in [1.807, 2.05) is 18.2 Å². The highest BCUT2D eigenvalue weighted by Crippen LogP contribution is 2.24. The zero-order valence-corrected chi connectivity index (χ0v) is 10.1. The normalized spacial score (nSPS) is 21.1. The smallest absolute Gasteiger partial charge is 0.134 e. The van der Waals surface area contributed by atoms with Crippen molar-refractivity contribution in [3.05, 3.63) is 29.8 Å². The molecule has 1 aromatic carbocycles. The standard InChI is InChI=1S/C13H18N2O2/c1-17-12-4-2-3-11(9-12)13-10-14-5-6-15(13)7-8-16/h2-4,8-9,13-14H,5-7,10H2,1H3. The number of carbonyl (C=O) groups excluding carboxylic acids is 1. The first-order valence-corrected chi connectivity index (χ1v) is 5.87. The molecule has 1 N–H and O–H groups in total. The average Bonchev–Trinajstić information content (AvgIpc) is 2.40. The van der Waals surface area contributed by atoms with E-state index >= 15 is 0 Å². The molecule has 1 fully saturated rings. The molecule has 0 saturated carbocycles. The molecule has 1 aliphatic heterocycles. The van der Waals surface area contributed by atoms with Crippen LogP contribution in [0.4, 0.5) is 0 Å². The van der Waals surface area contributed by atoms with E-state index in [0.29, 0.717) is 6.54 Å². The van der Waals surface area contributed by atoms with Gasteiger partial charge in [0, 0.05) is 25.7 Å². The molecule has 0 spiro atoms. The molecule has 0 aliphatic carbocycles. The number of ether oxygens (including phenoxy) is 1. The Hall–Kier alpha value is -1.39. The monoisotopic (exact) mass is 234 g/mol. The van der Waals surface area contributed by atoms with Gasteiger partial charge in [-0.2, -0.15) is 0 Å². The van der Waals surface area contributed by atoms with Crippen LogP contribution in [-0.4, -0.2) is 44.5 Å². The molecule has 1 unspecified atom stereocenters. The van der Waals surface area contributed by atoms with Crippen LogP contribution in [-0.2, 0) is 4.79 Å². The molecule has 17 heavy (non-hydrogen) atoms. The first-order valence-electron chi connectivity index (χ1n) is 5.87. The van der Waals surface area contributed by atoms with Crippen LogP contribution in [0.1, 0.15) is 11.6 Å². The van der Waals surface area contributed by atoms with E-state index in [1.165, 1.54) is 5.56 Å². The fourth-order valence-electron chi connectivity index (χ4n) is 2.24. The van der Waals surface area contributed by atoms with Crippen LogP contribution in [0.5, 0.6) is 5.75 Å². The van der Waals surface area contributed by atoms with E-state index in [4.69, 9.17) is 4.74 Å². The van der Waals surface area contributed by atoms with Crippen LogP contribution in [0.2, 0.25) is 0 Å². The lowest BCUT2D eigenvalue weighted by Crippen LogP contribution is -2.46. The molecule has 1 aliphatic rings. The highest BCUT2D eigenvalue weighted by molar-refractivity contribution is 5.52. The second kappa shape index (κ2) is 5.80. The Morgan fingerprint density at radius 2 is 2.47 bits per heavy atom. The average molecular weight is 234 g/mol. The van der Waals surface area contributed by atoms with Crippen LogP contribution < -0.4 is 10.1 Å². The number of rotatable bonds is 4. The molecule has 0 bridgehead atoms. The van der Waals surface area contributed by atoms with Crippen molar-refractivity contribution in [3.8, 4) is 5.75 Å². The first-order chi connectivity index (χ1) is 8.35. The molecule has 0 radical (unpaired) electrons. The Labute approximate surface area is 102 Å². The fourth-order valence-corrected chi connectivity index (χ4v) is 2.24.